The molecule has 1 amide bonds. The van der Waals surface area contributed by atoms with Crippen molar-refractivity contribution in [1.82, 2.24) is 5.32 Å². The van der Waals surface area contributed by atoms with Gasteiger partial charge in [0.15, 0.2) is 6.61 Å². The summed E-state index contributed by atoms with van der Waals surface area (Å²) >= 11 is 0. The number of rotatable bonds is 8. The van der Waals surface area contributed by atoms with Gasteiger partial charge in [-0.05, 0) is 12.0 Å². The highest BCUT2D eigenvalue weighted by atomic mass is 16.5. The molecule has 5 heteroatoms. The van der Waals surface area contributed by atoms with Crippen LogP contribution in [-0.2, 0) is 16.1 Å². The Bertz CT molecular complexity index is 396. The van der Waals surface area contributed by atoms with Gasteiger partial charge < -0.3 is 20.5 Å². The third-order valence-corrected chi connectivity index (χ3v) is 2.65. The standard InChI is InChI=1S/C14H22N2O3/c1-11(9-18-2)8-16-14(17)10-19-13-6-4-3-5-12(13)7-15/h3-6,11H,7-10,15H2,1-2H3,(H,16,17). The van der Waals surface area contributed by atoms with Crippen molar-refractivity contribution >= 4 is 5.91 Å². The van der Waals surface area contributed by atoms with Crippen LogP contribution in [0.5, 0.6) is 5.75 Å². The average molecular weight is 266 g/mol. The maximum absolute atomic E-state index is 11.6. The van der Waals surface area contributed by atoms with Gasteiger partial charge in [-0.25, -0.2) is 0 Å². The SMILES string of the molecule is COCC(C)CNC(=O)COc1ccccc1CN. The smallest absolute Gasteiger partial charge is 0.257 e. The van der Waals surface area contributed by atoms with Crippen LogP contribution in [0.15, 0.2) is 24.3 Å². The predicted molar refractivity (Wildman–Crippen MR) is 73.9 cm³/mol. The Labute approximate surface area is 114 Å². The number of methoxy groups -OCH3 is 1. The molecule has 5 nitrogen and oxygen atoms in total. The van der Waals surface area contributed by atoms with Crippen molar-refractivity contribution in [3.8, 4) is 5.75 Å². The van der Waals surface area contributed by atoms with Gasteiger partial charge in [-0.15, -0.1) is 0 Å². The van der Waals surface area contributed by atoms with Gasteiger partial charge in [-0.2, -0.15) is 0 Å². The van der Waals surface area contributed by atoms with Crippen LogP contribution in [0.1, 0.15) is 12.5 Å². The minimum Gasteiger partial charge on any atom is -0.483 e. The highest BCUT2D eigenvalue weighted by molar-refractivity contribution is 5.77. The Hall–Kier alpha value is -1.59. The summed E-state index contributed by atoms with van der Waals surface area (Å²) < 4.78 is 10.5. The van der Waals surface area contributed by atoms with Gasteiger partial charge >= 0.3 is 0 Å². The zero-order chi connectivity index (χ0) is 14.1. The molecule has 0 aliphatic heterocycles. The lowest BCUT2D eigenvalue weighted by Crippen LogP contribution is -2.33. The number of carbonyl (C=O) groups excluding carboxylic acids is 1. The zero-order valence-corrected chi connectivity index (χ0v) is 11.5. The summed E-state index contributed by atoms with van der Waals surface area (Å²) in [6.45, 7) is 3.60. The lowest BCUT2D eigenvalue weighted by molar-refractivity contribution is -0.123. The largest absolute Gasteiger partial charge is 0.483 e. The van der Waals surface area contributed by atoms with Gasteiger partial charge in [0.25, 0.3) is 5.91 Å². The van der Waals surface area contributed by atoms with E-state index in [1.165, 1.54) is 0 Å². The van der Waals surface area contributed by atoms with E-state index in [2.05, 4.69) is 5.32 Å². The van der Waals surface area contributed by atoms with Crippen LogP contribution in [0.2, 0.25) is 0 Å². The van der Waals surface area contributed by atoms with E-state index >= 15 is 0 Å². The van der Waals surface area contributed by atoms with Crippen molar-refractivity contribution in [3.05, 3.63) is 29.8 Å². The number of hydrogen-bond acceptors (Lipinski definition) is 4. The summed E-state index contributed by atoms with van der Waals surface area (Å²) in [5.74, 6) is 0.796. The molecule has 1 aromatic rings. The second-order valence-electron chi connectivity index (χ2n) is 4.47. The molecule has 106 valence electrons. The number of carbonyl (C=O) groups is 1. The molecule has 0 saturated carbocycles. The molecule has 0 spiro atoms. The third-order valence-electron chi connectivity index (χ3n) is 2.65. The van der Waals surface area contributed by atoms with E-state index in [1.807, 2.05) is 31.2 Å². The first-order valence-electron chi connectivity index (χ1n) is 6.33. The fraction of sp³-hybridized carbons (Fsp3) is 0.500. The Morgan fingerprint density at radius 1 is 1.42 bits per heavy atom. The molecule has 3 N–H and O–H groups in total. The number of nitrogens with two attached hydrogens (primary N) is 1. The van der Waals surface area contributed by atoms with E-state index < -0.39 is 0 Å². The Balaban J connectivity index is 2.33. The number of amides is 1. The quantitative estimate of drug-likeness (QED) is 0.734. The third kappa shape index (κ3) is 5.72. The Morgan fingerprint density at radius 2 is 2.16 bits per heavy atom. The number of ether oxygens (including phenoxy) is 2. The highest BCUT2D eigenvalue weighted by Crippen LogP contribution is 2.16. The van der Waals surface area contributed by atoms with Crippen LogP contribution in [0.25, 0.3) is 0 Å². The van der Waals surface area contributed by atoms with Crippen molar-refractivity contribution in [2.45, 2.75) is 13.5 Å². The summed E-state index contributed by atoms with van der Waals surface area (Å²) in [6.07, 6.45) is 0. The Morgan fingerprint density at radius 3 is 2.84 bits per heavy atom. The van der Waals surface area contributed by atoms with Crippen molar-refractivity contribution in [3.63, 3.8) is 0 Å². The van der Waals surface area contributed by atoms with Crippen LogP contribution in [-0.4, -0.2) is 32.8 Å². The summed E-state index contributed by atoms with van der Waals surface area (Å²) in [5.41, 5.74) is 6.49. The molecule has 0 bridgehead atoms. The highest BCUT2D eigenvalue weighted by Gasteiger charge is 2.07. The molecule has 0 radical (unpaired) electrons. The van der Waals surface area contributed by atoms with E-state index in [-0.39, 0.29) is 18.4 Å². The minimum atomic E-state index is -0.144. The molecular formula is C14H22N2O3. The first kappa shape index (κ1) is 15.5. The molecule has 1 unspecified atom stereocenters. The average Bonchev–Trinajstić information content (AvgIpc) is 2.43. The summed E-state index contributed by atoms with van der Waals surface area (Å²) in [7, 11) is 1.64. The van der Waals surface area contributed by atoms with Crippen molar-refractivity contribution < 1.29 is 14.3 Å². The van der Waals surface area contributed by atoms with E-state index in [1.54, 1.807) is 7.11 Å². The molecule has 0 aliphatic carbocycles. The summed E-state index contributed by atoms with van der Waals surface area (Å²) in [4.78, 5) is 11.6. The molecule has 19 heavy (non-hydrogen) atoms. The van der Waals surface area contributed by atoms with Gasteiger partial charge in [-0.1, -0.05) is 25.1 Å². The van der Waals surface area contributed by atoms with Gasteiger partial charge in [0, 0.05) is 25.8 Å². The van der Waals surface area contributed by atoms with E-state index in [4.69, 9.17) is 15.2 Å². The number of benzene rings is 1. The van der Waals surface area contributed by atoms with Crippen LogP contribution in [0.3, 0.4) is 0 Å². The van der Waals surface area contributed by atoms with Gasteiger partial charge in [0.1, 0.15) is 5.75 Å². The van der Waals surface area contributed by atoms with E-state index in [0.29, 0.717) is 25.4 Å². The molecule has 0 saturated heterocycles. The van der Waals surface area contributed by atoms with E-state index in [9.17, 15) is 4.79 Å². The molecular weight excluding hydrogens is 244 g/mol. The fourth-order valence-electron chi connectivity index (χ4n) is 1.64. The number of para-hydroxylation sites is 1. The second-order valence-corrected chi connectivity index (χ2v) is 4.47. The molecule has 0 fully saturated rings. The zero-order valence-electron chi connectivity index (χ0n) is 11.5. The van der Waals surface area contributed by atoms with Crippen molar-refractivity contribution in [2.24, 2.45) is 11.7 Å². The molecule has 0 heterocycles. The van der Waals surface area contributed by atoms with Gasteiger partial charge in [0.2, 0.25) is 0 Å². The minimum absolute atomic E-state index is 0.00326. The van der Waals surface area contributed by atoms with Crippen LogP contribution in [0.4, 0.5) is 0 Å². The first-order chi connectivity index (χ1) is 9.17. The molecule has 1 aromatic carbocycles. The van der Waals surface area contributed by atoms with Crippen molar-refractivity contribution in [2.75, 3.05) is 26.9 Å². The predicted octanol–water partition coefficient (Wildman–Crippen LogP) is 0.923. The van der Waals surface area contributed by atoms with Crippen LogP contribution >= 0.6 is 0 Å². The lowest BCUT2D eigenvalue weighted by Gasteiger charge is -2.13. The Kier molecular flexibility index (Phi) is 6.92. The first-order valence-corrected chi connectivity index (χ1v) is 6.33. The fourth-order valence-corrected chi connectivity index (χ4v) is 1.64. The number of hydrogen-bond donors (Lipinski definition) is 2. The topological polar surface area (TPSA) is 73.6 Å². The molecule has 1 atom stereocenters. The monoisotopic (exact) mass is 266 g/mol. The maximum atomic E-state index is 11.6. The maximum Gasteiger partial charge on any atom is 0.257 e. The molecule has 1 rings (SSSR count). The second kappa shape index (κ2) is 8.50. The molecule has 0 aromatic heterocycles. The van der Waals surface area contributed by atoms with Crippen LogP contribution in [0, 0.1) is 5.92 Å². The van der Waals surface area contributed by atoms with Gasteiger partial charge in [-0.3, -0.25) is 4.79 Å². The summed E-state index contributed by atoms with van der Waals surface area (Å²) in [5, 5.41) is 2.80. The van der Waals surface area contributed by atoms with Gasteiger partial charge in [0.05, 0.1) is 6.61 Å². The normalized spacial score (nSPS) is 11.9. The van der Waals surface area contributed by atoms with Crippen LogP contribution < -0.4 is 15.8 Å². The van der Waals surface area contributed by atoms with E-state index in [0.717, 1.165) is 5.56 Å². The summed E-state index contributed by atoms with van der Waals surface area (Å²) in [6, 6.07) is 7.44. The molecule has 0 aliphatic rings. The van der Waals surface area contributed by atoms with Crippen molar-refractivity contribution in [1.29, 1.82) is 0 Å². The lowest BCUT2D eigenvalue weighted by atomic mass is 10.2. The number of nitrogens with one attached hydrogen (secondary N) is 1.